The van der Waals surface area contributed by atoms with E-state index >= 15 is 0 Å². The number of hydrogen-bond acceptors (Lipinski definition) is 6. The van der Waals surface area contributed by atoms with E-state index in [0.29, 0.717) is 18.6 Å². The summed E-state index contributed by atoms with van der Waals surface area (Å²) in [4.78, 5) is 49.7. The predicted molar refractivity (Wildman–Crippen MR) is 109 cm³/mol. The summed E-state index contributed by atoms with van der Waals surface area (Å²) in [7, 11) is 0. The number of fused-ring (bicyclic) bond motifs is 1. The van der Waals surface area contributed by atoms with Crippen LogP contribution in [0.15, 0.2) is 18.2 Å². The lowest BCUT2D eigenvalue weighted by Gasteiger charge is -2.29. The highest BCUT2D eigenvalue weighted by Crippen LogP contribution is 2.47. The lowest BCUT2D eigenvalue weighted by atomic mass is 10.1. The molecule has 3 rings (SSSR count). The van der Waals surface area contributed by atoms with Crippen LogP contribution in [0.25, 0.3) is 0 Å². The van der Waals surface area contributed by atoms with Crippen molar-refractivity contribution in [2.45, 2.75) is 44.5 Å². The van der Waals surface area contributed by atoms with E-state index in [-0.39, 0.29) is 23.2 Å². The number of carbonyl (C=O) groups is 4. The number of thioether (sulfide) groups is 1. The molecule has 2 saturated heterocycles. The zero-order valence-corrected chi connectivity index (χ0v) is 17.6. The molecule has 0 aromatic heterocycles. The molecule has 0 saturated carbocycles. The largest absolute Gasteiger partial charge is 0.454 e. The third-order valence-corrected chi connectivity index (χ3v) is 6.76. The van der Waals surface area contributed by atoms with Crippen LogP contribution < -0.4 is 10.6 Å². The maximum Gasteiger partial charge on any atom is 0.330 e. The number of ether oxygens (including phenoxy) is 1. The zero-order chi connectivity index (χ0) is 21.2. The molecule has 0 unspecified atom stereocenters. The summed E-state index contributed by atoms with van der Waals surface area (Å²) in [5, 5.41) is 5.21. The molecular formula is C20H25N3O5S. The highest BCUT2D eigenvalue weighted by Gasteiger charge is 2.53. The second-order valence-corrected chi connectivity index (χ2v) is 8.97. The summed E-state index contributed by atoms with van der Waals surface area (Å²) < 4.78 is 5.09. The number of benzene rings is 1. The van der Waals surface area contributed by atoms with Crippen molar-refractivity contribution in [1.82, 2.24) is 10.2 Å². The van der Waals surface area contributed by atoms with Gasteiger partial charge in [-0.1, -0.05) is 18.2 Å². The fourth-order valence-electron chi connectivity index (χ4n) is 3.65. The molecule has 0 spiro atoms. The van der Waals surface area contributed by atoms with Gasteiger partial charge in [0, 0.05) is 17.9 Å². The van der Waals surface area contributed by atoms with E-state index in [2.05, 4.69) is 10.6 Å². The van der Waals surface area contributed by atoms with Crippen molar-refractivity contribution in [3.63, 3.8) is 0 Å². The molecule has 2 atom stereocenters. The molecule has 156 valence electrons. The molecule has 0 bridgehead atoms. The molecule has 8 nitrogen and oxygen atoms in total. The van der Waals surface area contributed by atoms with Crippen LogP contribution in [0.5, 0.6) is 0 Å². The van der Waals surface area contributed by atoms with Gasteiger partial charge in [0.25, 0.3) is 5.91 Å². The molecule has 2 aliphatic heterocycles. The standard InChI is InChI=1S/C20H25N3O5S/c1-12-5-4-6-13(2)18(12)22-15(24)9-21-16(25)10-28-19(27)14-11-29-20(3)8-7-17(26)23(14)20/h4-6,14H,7-11H2,1-3H3,(H,21,25)(H,22,24)/t14-,20+/m0/s1. The number of para-hydroxylation sites is 1. The number of rotatable bonds is 6. The Bertz CT molecular complexity index is 838. The van der Waals surface area contributed by atoms with Gasteiger partial charge in [0.2, 0.25) is 11.8 Å². The van der Waals surface area contributed by atoms with E-state index in [9.17, 15) is 19.2 Å². The number of esters is 1. The van der Waals surface area contributed by atoms with Crippen molar-refractivity contribution in [3.8, 4) is 0 Å². The summed E-state index contributed by atoms with van der Waals surface area (Å²) >= 11 is 1.56. The topological polar surface area (TPSA) is 105 Å². The molecule has 2 fully saturated rings. The molecule has 1 aromatic rings. The van der Waals surface area contributed by atoms with Gasteiger partial charge in [-0.2, -0.15) is 0 Å². The second kappa shape index (κ2) is 8.44. The summed E-state index contributed by atoms with van der Waals surface area (Å²) in [5.74, 6) is -1.14. The fraction of sp³-hybridized carbons (Fsp3) is 0.500. The molecule has 0 radical (unpaired) electrons. The second-order valence-electron chi connectivity index (χ2n) is 7.46. The number of nitrogens with one attached hydrogen (secondary N) is 2. The Morgan fingerprint density at radius 3 is 2.62 bits per heavy atom. The summed E-state index contributed by atoms with van der Waals surface area (Å²) in [6.45, 7) is 5.00. The van der Waals surface area contributed by atoms with Crippen LogP contribution in [0.1, 0.15) is 30.9 Å². The van der Waals surface area contributed by atoms with Crippen LogP contribution in [-0.4, -0.2) is 58.4 Å². The third-order valence-electron chi connectivity index (χ3n) is 5.25. The Morgan fingerprint density at radius 1 is 1.24 bits per heavy atom. The minimum atomic E-state index is -0.667. The quantitative estimate of drug-likeness (QED) is 0.675. The van der Waals surface area contributed by atoms with Gasteiger partial charge in [-0.25, -0.2) is 4.79 Å². The Labute approximate surface area is 173 Å². The van der Waals surface area contributed by atoms with E-state index in [1.807, 2.05) is 39.0 Å². The smallest absolute Gasteiger partial charge is 0.330 e. The molecule has 0 aliphatic carbocycles. The molecule has 9 heteroatoms. The van der Waals surface area contributed by atoms with E-state index in [1.165, 1.54) is 0 Å². The molecule has 1 aromatic carbocycles. The first-order valence-corrected chi connectivity index (χ1v) is 10.5. The number of aryl methyl sites for hydroxylation is 2. The van der Waals surface area contributed by atoms with Gasteiger partial charge in [-0.05, 0) is 38.3 Å². The van der Waals surface area contributed by atoms with E-state index in [4.69, 9.17) is 4.74 Å². The van der Waals surface area contributed by atoms with Crippen LogP contribution >= 0.6 is 11.8 Å². The number of anilines is 1. The first kappa shape index (κ1) is 21.2. The van der Waals surface area contributed by atoms with Crippen molar-refractivity contribution in [2.75, 3.05) is 24.2 Å². The molecule has 29 heavy (non-hydrogen) atoms. The SMILES string of the molecule is Cc1cccc(C)c1NC(=O)CNC(=O)COC(=O)[C@@H]1CS[C@]2(C)CCC(=O)N12. The Morgan fingerprint density at radius 2 is 1.93 bits per heavy atom. The van der Waals surface area contributed by atoms with Gasteiger partial charge in [0.05, 0.1) is 11.4 Å². The summed E-state index contributed by atoms with van der Waals surface area (Å²) in [6, 6.07) is 5.01. The third kappa shape index (κ3) is 4.55. The van der Waals surface area contributed by atoms with E-state index < -0.39 is 24.5 Å². The van der Waals surface area contributed by atoms with Crippen LogP contribution in [0, 0.1) is 13.8 Å². The molecular weight excluding hydrogens is 394 g/mol. The summed E-state index contributed by atoms with van der Waals surface area (Å²) in [6.07, 6.45) is 1.12. The van der Waals surface area contributed by atoms with Crippen LogP contribution in [0.4, 0.5) is 5.69 Å². The van der Waals surface area contributed by atoms with Crippen LogP contribution in [0.2, 0.25) is 0 Å². The predicted octanol–water partition coefficient (Wildman–Crippen LogP) is 1.36. The van der Waals surface area contributed by atoms with Crippen molar-refractivity contribution in [1.29, 1.82) is 0 Å². The highest BCUT2D eigenvalue weighted by molar-refractivity contribution is 8.01. The van der Waals surface area contributed by atoms with Crippen LogP contribution in [-0.2, 0) is 23.9 Å². The lowest BCUT2D eigenvalue weighted by molar-refractivity contribution is -0.156. The molecule has 2 heterocycles. The number of carbonyl (C=O) groups excluding carboxylic acids is 4. The minimum Gasteiger partial charge on any atom is -0.454 e. The molecule has 2 aliphatic rings. The Hall–Kier alpha value is -2.55. The first-order valence-electron chi connectivity index (χ1n) is 9.47. The van der Waals surface area contributed by atoms with Gasteiger partial charge < -0.3 is 20.3 Å². The lowest BCUT2D eigenvalue weighted by Crippen LogP contribution is -2.47. The number of nitrogens with zero attached hydrogens (tertiary/aromatic N) is 1. The number of amides is 3. The summed E-state index contributed by atoms with van der Waals surface area (Å²) in [5.41, 5.74) is 2.57. The monoisotopic (exact) mass is 419 g/mol. The van der Waals surface area contributed by atoms with Crippen molar-refractivity contribution in [3.05, 3.63) is 29.3 Å². The molecule has 3 amide bonds. The number of hydrogen-bond donors (Lipinski definition) is 2. The maximum atomic E-state index is 12.3. The van der Waals surface area contributed by atoms with Gasteiger partial charge in [-0.15, -0.1) is 11.8 Å². The average Bonchev–Trinajstić information content (AvgIpc) is 3.17. The van der Waals surface area contributed by atoms with E-state index in [0.717, 1.165) is 16.8 Å². The normalized spacial score (nSPS) is 22.9. The zero-order valence-electron chi connectivity index (χ0n) is 16.7. The highest BCUT2D eigenvalue weighted by atomic mass is 32.2. The van der Waals surface area contributed by atoms with Crippen LogP contribution in [0.3, 0.4) is 0 Å². The Kier molecular flexibility index (Phi) is 6.16. The van der Waals surface area contributed by atoms with Gasteiger partial charge in [0.15, 0.2) is 6.61 Å². The van der Waals surface area contributed by atoms with Crippen molar-refractivity contribution >= 4 is 41.1 Å². The van der Waals surface area contributed by atoms with Gasteiger partial charge >= 0.3 is 5.97 Å². The van der Waals surface area contributed by atoms with E-state index in [1.54, 1.807) is 16.7 Å². The van der Waals surface area contributed by atoms with Crippen molar-refractivity contribution in [2.24, 2.45) is 0 Å². The minimum absolute atomic E-state index is 0.0629. The first-order chi connectivity index (χ1) is 13.7. The van der Waals surface area contributed by atoms with Gasteiger partial charge in [0.1, 0.15) is 6.04 Å². The Balaban J connectivity index is 1.44. The average molecular weight is 420 g/mol. The molecule has 2 N–H and O–H groups in total. The van der Waals surface area contributed by atoms with Crippen molar-refractivity contribution < 1.29 is 23.9 Å². The van der Waals surface area contributed by atoms with Gasteiger partial charge in [-0.3, -0.25) is 14.4 Å². The fourth-order valence-corrected chi connectivity index (χ4v) is 5.07. The maximum absolute atomic E-state index is 12.3.